The summed E-state index contributed by atoms with van der Waals surface area (Å²) in [5.74, 6) is 0.895. The van der Waals surface area contributed by atoms with Gasteiger partial charge < -0.3 is 15.3 Å². The Morgan fingerprint density at radius 1 is 1.12 bits per heavy atom. The molecule has 0 amide bonds. The number of fused-ring (bicyclic) bond motifs is 2. The summed E-state index contributed by atoms with van der Waals surface area (Å²) in [7, 11) is 0. The molecule has 9 unspecified atom stereocenters. The van der Waals surface area contributed by atoms with Gasteiger partial charge >= 0.3 is 0 Å². The first-order valence-corrected chi connectivity index (χ1v) is 9.63. The predicted molar refractivity (Wildman–Crippen MR) is 91.4 cm³/mol. The summed E-state index contributed by atoms with van der Waals surface area (Å²) in [6, 6.07) is 0. The third-order valence-corrected chi connectivity index (χ3v) is 9.02. The lowest BCUT2D eigenvalue weighted by molar-refractivity contribution is -0.247. The van der Waals surface area contributed by atoms with E-state index in [4.69, 9.17) is 0 Å². The van der Waals surface area contributed by atoms with Gasteiger partial charge in [0.15, 0.2) is 0 Å². The van der Waals surface area contributed by atoms with Crippen LogP contribution in [0.15, 0.2) is 17.1 Å². The molecule has 5 fully saturated rings. The Labute approximate surface area is 143 Å². The van der Waals surface area contributed by atoms with Crippen molar-refractivity contribution in [3.63, 3.8) is 0 Å². The normalized spacial score (nSPS) is 61.4. The van der Waals surface area contributed by atoms with Crippen molar-refractivity contribution in [2.24, 2.45) is 39.0 Å². The minimum absolute atomic E-state index is 0.0637. The van der Waals surface area contributed by atoms with Crippen molar-refractivity contribution < 1.29 is 15.3 Å². The molecule has 0 aromatic rings. The Morgan fingerprint density at radius 2 is 1.92 bits per heavy atom. The van der Waals surface area contributed by atoms with Crippen LogP contribution in [0.25, 0.3) is 0 Å². The molecular weight excluding hydrogens is 302 g/mol. The van der Waals surface area contributed by atoms with Crippen molar-refractivity contribution in [2.45, 2.75) is 70.3 Å². The van der Waals surface area contributed by atoms with E-state index in [-0.39, 0.29) is 22.7 Å². The van der Waals surface area contributed by atoms with Crippen molar-refractivity contribution >= 4 is 6.21 Å². The predicted octanol–water partition coefficient (Wildman–Crippen LogP) is 2.28. The molecule has 9 atom stereocenters. The van der Waals surface area contributed by atoms with Gasteiger partial charge in [0.25, 0.3) is 0 Å². The lowest BCUT2D eigenvalue weighted by Gasteiger charge is -2.71. The fourth-order valence-corrected chi connectivity index (χ4v) is 7.77. The SMILES string of the molecule is C=C1C2CCC3(C(O)CC4C5(C)CCCC4(C=NC5O)C3C2)C1O. The molecule has 0 aromatic carbocycles. The first-order chi connectivity index (χ1) is 11.4. The molecule has 1 aliphatic heterocycles. The average molecular weight is 331 g/mol. The van der Waals surface area contributed by atoms with Gasteiger partial charge in [-0.15, -0.1) is 0 Å². The van der Waals surface area contributed by atoms with Crippen LogP contribution in [0.3, 0.4) is 0 Å². The zero-order valence-electron chi connectivity index (χ0n) is 14.5. The summed E-state index contributed by atoms with van der Waals surface area (Å²) in [5.41, 5.74) is 0.187. The zero-order valence-corrected chi connectivity index (χ0v) is 14.5. The van der Waals surface area contributed by atoms with E-state index < -0.39 is 23.9 Å². The van der Waals surface area contributed by atoms with Crippen LogP contribution in [0.5, 0.6) is 0 Å². The van der Waals surface area contributed by atoms with Gasteiger partial charge in [-0.05, 0) is 61.9 Å². The van der Waals surface area contributed by atoms with Crippen LogP contribution in [0.4, 0.5) is 0 Å². The van der Waals surface area contributed by atoms with E-state index >= 15 is 0 Å². The second-order valence-electron chi connectivity index (χ2n) is 9.54. The summed E-state index contributed by atoms with van der Waals surface area (Å²) < 4.78 is 0. The number of aliphatic hydroxyl groups is 3. The highest BCUT2D eigenvalue weighted by atomic mass is 16.3. The van der Waals surface area contributed by atoms with Gasteiger partial charge in [0.1, 0.15) is 6.23 Å². The van der Waals surface area contributed by atoms with E-state index in [0.29, 0.717) is 12.3 Å². The van der Waals surface area contributed by atoms with Gasteiger partial charge in [-0.1, -0.05) is 19.9 Å². The van der Waals surface area contributed by atoms with Gasteiger partial charge in [-0.3, -0.25) is 4.99 Å². The summed E-state index contributed by atoms with van der Waals surface area (Å²) >= 11 is 0. The highest BCUT2D eigenvalue weighted by Crippen LogP contribution is 2.72. The molecule has 3 N–H and O–H groups in total. The molecule has 5 aliphatic carbocycles. The van der Waals surface area contributed by atoms with Crippen molar-refractivity contribution in [1.29, 1.82) is 0 Å². The lowest BCUT2D eigenvalue weighted by Crippen LogP contribution is -2.72. The Morgan fingerprint density at radius 3 is 2.71 bits per heavy atom. The van der Waals surface area contributed by atoms with E-state index in [1.54, 1.807) is 0 Å². The summed E-state index contributed by atoms with van der Waals surface area (Å²) in [6.45, 7) is 6.33. The summed E-state index contributed by atoms with van der Waals surface area (Å²) in [5, 5.41) is 32.9. The van der Waals surface area contributed by atoms with Crippen LogP contribution in [-0.4, -0.2) is 40.0 Å². The molecule has 0 aromatic heterocycles. The van der Waals surface area contributed by atoms with Gasteiger partial charge in [-0.25, -0.2) is 0 Å². The van der Waals surface area contributed by atoms with Crippen LogP contribution in [0.2, 0.25) is 0 Å². The first-order valence-electron chi connectivity index (χ1n) is 9.63. The van der Waals surface area contributed by atoms with Gasteiger partial charge in [0.05, 0.1) is 12.2 Å². The van der Waals surface area contributed by atoms with Gasteiger partial charge in [-0.2, -0.15) is 0 Å². The van der Waals surface area contributed by atoms with E-state index in [1.165, 1.54) is 0 Å². The van der Waals surface area contributed by atoms with Crippen LogP contribution < -0.4 is 0 Å². The maximum absolute atomic E-state index is 11.2. The maximum Gasteiger partial charge on any atom is 0.150 e. The van der Waals surface area contributed by atoms with E-state index in [1.807, 2.05) is 0 Å². The molecule has 4 heteroatoms. The number of nitrogens with zero attached hydrogens (tertiary/aromatic N) is 1. The molecule has 4 nitrogen and oxygen atoms in total. The Balaban J connectivity index is 1.70. The van der Waals surface area contributed by atoms with Gasteiger partial charge in [0.2, 0.25) is 0 Å². The number of aliphatic hydroxyl groups excluding tert-OH is 3. The highest BCUT2D eigenvalue weighted by Gasteiger charge is 2.72. The molecule has 6 rings (SSSR count). The Bertz CT molecular complexity index is 632. The largest absolute Gasteiger partial charge is 0.392 e. The summed E-state index contributed by atoms with van der Waals surface area (Å²) in [4.78, 5) is 4.55. The van der Waals surface area contributed by atoms with Gasteiger partial charge in [0, 0.05) is 22.5 Å². The van der Waals surface area contributed by atoms with E-state index in [0.717, 1.165) is 44.1 Å². The van der Waals surface area contributed by atoms with Crippen LogP contribution >= 0.6 is 0 Å². The number of aliphatic imine (C=N–C) groups is 1. The molecule has 1 spiro atoms. The Hall–Kier alpha value is -0.710. The standard InChI is InChI=1S/C20H29NO3/c1-11-12-4-7-20(16(11)23)14(8-12)19-6-3-5-18(2,17(24)21-10-19)13(19)9-15(20)22/h10,12-17,22-24H,1,3-9H2,2H3. The fourth-order valence-electron chi connectivity index (χ4n) is 7.77. The number of hydrogen-bond donors (Lipinski definition) is 3. The second kappa shape index (κ2) is 4.52. The molecule has 132 valence electrons. The minimum atomic E-state index is -0.655. The van der Waals surface area contributed by atoms with Crippen LogP contribution in [0, 0.1) is 34.0 Å². The lowest BCUT2D eigenvalue weighted by atomic mass is 9.34. The van der Waals surface area contributed by atoms with Crippen molar-refractivity contribution in [3.05, 3.63) is 12.2 Å². The van der Waals surface area contributed by atoms with E-state index in [9.17, 15) is 15.3 Å². The molecule has 0 radical (unpaired) electrons. The smallest absolute Gasteiger partial charge is 0.150 e. The van der Waals surface area contributed by atoms with Crippen LogP contribution in [0.1, 0.15) is 51.9 Å². The van der Waals surface area contributed by atoms with E-state index in [2.05, 4.69) is 24.7 Å². The zero-order chi connectivity index (χ0) is 16.9. The van der Waals surface area contributed by atoms with Crippen LogP contribution in [-0.2, 0) is 0 Å². The highest BCUT2D eigenvalue weighted by molar-refractivity contribution is 5.70. The van der Waals surface area contributed by atoms with Crippen molar-refractivity contribution in [3.8, 4) is 0 Å². The van der Waals surface area contributed by atoms with Crippen molar-refractivity contribution in [1.82, 2.24) is 0 Å². The molecular formula is C20H29NO3. The Kier molecular flexibility index (Phi) is 2.92. The molecule has 6 aliphatic rings. The average Bonchev–Trinajstić information content (AvgIpc) is 2.57. The monoisotopic (exact) mass is 331 g/mol. The fraction of sp³-hybridized carbons (Fsp3) is 0.850. The third kappa shape index (κ3) is 1.47. The maximum atomic E-state index is 11.2. The molecule has 4 bridgehead atoms. The topological polar surface area (TPSA) is 73.1 Å². The molecule has 1 heterocycles. The van der Waals surface area contributed by atoms with Crippen molar-refractivity contribution in [2.75, 3.05) is 0 Å². The number of hydrogen-bond acceptors (Lipinski definition) is 4. The first kappa shape index (κ1) is 15.5. The minimum Gasteiger partial charge on any atom is -0.392 e. The third-order valence-electron chi connectivity index (χ3n) is 9.02. The quantitative estimate of drug-likeness (QED) is 0.596. The molecule has 24 heavy (non-hydrogen) atoms. The second-order valence-corrected chi connectivity index (χ2v) is 9.54. The molecule has 5 saturated carbocycles. The molecule has 0 saturated heterocycles. The summed E-state index contributed by atoms with van der Waals surface area (Å²) in [6.07, 6.45) is 7.07. The number of rotatable bonds is 0.